The summed E-state index contributed by atoms with van der Waals surface area (Å²) in [6.07, 6.45) is 0. The third-order valence-electron chi connectivity index (χ3n) is 1.97. The highest BCUT2D eigenvalue weighted by atomic mass is 16.6. The van der Waals surface area contributed by atoms with Crippen LogP contribution in [-0.2, 0) is 4.74 Å². The molecule has 1 fully saturated rings. The van der Waals surface area contributed by atoms with Gasteiger partial charge in [-0.05, 0) is 11.5 Å². The van der Waals surface area contributed by atoms with E-state index in [9.17, 15) is 5.11 Å². The second-order valence-electron chi connectivity index (χ2n) is 3.11. The number of hydrogen-bond donors (Lipinski definition) is 1. The topological polar surface area (TPSA) is 32.8 Å². The first-order valence-electron chi connectivity index (χ1n) is 4.62. The molecule has 0 aromatic heterocycles. The highest BCUT2D eigenvalue weighted by Crippen LogP contribution is 2.22. The van der Waals surface area contributed by atoms with Crippen LogP contribution in [-0.4, -0.2) is 18.3 Å². The Morgan fingerprint density at radius 1 is 0.929 bits per heavy atom. The van der Waals surface area contributed by atoms with Crippen LogP contribution in [0, 0.1) is 0 Å². The minimum Gasteiger partial charge on any atom is -0.507 e. The molecule has 1 heterocycles. The molecule has 1 aliphatic heterocycles. The van der Waals surface area contributed by atoms with Gasteiger partial charge in [-0.25, -0.2) is 0 Å². The lowest BCUT2D eigenvalue weighted by Crippen LogP contribution is -1.70. The Balaban J connectivity index is 0.000000214. The van der Waals surface area contributed by atoms with E-state index in [0.717, 1.165) is 24.0 Å². The fourth-order valence-corrected chi connectivity index (χ4v) is 1.21. The fourth-order valence-electron chi connectivity index (χ4n) is 1.21. The van der Waals surface area contributed by atoms with E-state index in [1.807, 2.05) is 36.4 Å². The Labute approximate surface area is 82.8 Å². The smallest absolute Gasteiger partial charge is 0.123 e. The molecule has 0 atom stereocenters. The molecule has 0 radical (unpaired) electrons. The molecule has 0 saturated carbocycles. The van der Waals surface area contributed by atoms with Gasteiger partial charge in [0.05, 0.1) is 13.2 Å². The third-order valence-corrected chi connectivity index (χ3v) is 1.97. The first-order valence-corrected chi connectivity index (χ1v) is 4.62. The molecule has 2 heteroatoms. The van der Waals surface area contributed by atoms with Crippen molar-refractivity contribution in [2.45, 2.75) is 0 Å². The van der Waals surface area contributed by atoms with Crippen molar-refractivity contribution in [1.82, 2.24) is 0 Å². The van der Waals surface area contributed by atoms with Crippen LogP contribution in [0.4, 0.5) is 0 Å². The van der Waals surface area contributed by atoms with E-state index < -0.39 is 0 Å². The molecule has 2 aromatic carbocycles. The summed E-state index contributed by atoms with van der Waals surface area (Å²) in [6, 6.07) is 13.3. The number of aromatic hydroxyl groups is 1. The van der Waals surface area contributed by atoms with Gasteiger partial charge in [-0.1, -0.05) is 36.4 Å². The van der Waals surface area contributed by atoms with E-state index in [-0.39, 0.29) is 0 Å². The zero-order chi connectivity index (χ0) is 9.80. The van der Waals surface area contributed by atoms with Crippen molar-refractivity contribution in [2.24, 2.45) is 0 Å². The van der Waals surface area contributed by atoms with Crippen LogP contribution >= 0.6 is 0 Å². The Kier molecular flexibility index (Phi) is 2.65. The van der Waals surface area contributed by atoms with E-state index in [1.165, 1.54) is 0 Å². The van der Waals surface area contributed by atoms with Crippen molar-refractivity contribution < 1.29 is 9.84 Å². The Hall–Kier alpha value is -1.54. The van der Waals surface area contributed by atoms with Crippen molar-refractivity contribution in [1.29, 1.82) is 0 Å². The molecular weight excluding hydrogens is 176 g/mol. The van der Waals surface area contributed by atoms with Gasteiger partial charge in [0.15, 0.2) is 0 Å². The highest BCUT2D eigenvalue weighted by Gasteiger charge is 1.94. The molecule has 72 valence electrons. The molecule has 2 nitrogen and oxygen atoms in total. The number of phenolic OH excluding ortho intramolecular Hbond substituents is 1. The predicted molar refractivity (Wildman–Crippen MR) is 56.4 cm³/mol. The lowest BCUT2D eigenvalue weighted by molar-refractivity contribution is 0.475. The largest absolute Gasteiger partial charge is 0.507 e. The zero-order valence-corrected chi connectivity index (χ0v) is 7.81. The van der Waals surface area contributed by atoms with E-state index in [4.69, 9.17) is 0 Å². The Bertz CT molecular complexity index is 413. The minimum atomic E-state index is 0.350. The van der Waals surface area contributed by atoms with Crippen LogP contribution in [0.15, 0.2) is 42.5 Å². The first-order chi connectivity index (χ1) is 6.88. The van der Waals surface area contributed by atoms with Gasteiger partial charge in [0.1, 0.15) is 5.75 Å². The normalized spacial score (nSPS) is 13.1. The van der Waals surface area contributed by atoms with Crippen molar-refractivity contribution in [3.05, 3.63) is 42.5 Å². The summed E-state index contributed by atoms with van der Waals surface area (Å²) in [5.74, 6) is 0.350. The lowest BCUT2D eigenvalue weighted by atomic mass is 10.1. The quantitative estimate of drug-likeness (QED) is 0.644. The molecule has 0 unspecified atom stereocenters. The molecule has 0 bridgehead atoms. The molecule has 1 aliphatic rings. The van der Waals surface area contributed by atoms with E-state index in [0.29, 0.717) is 5.75 Å². The molecule has 0 amide bonds. The average molecular weight is 188 g/mol. The number of ether oxygens (including phenoxy) is 1. The summed E-state index contributed by atoms with van der Waals surface area (Å²) >= 11 is 0. The molecule has 3 rings (SSSR count). The zero-order valence-electron chi connectivity index (χ0n) is 7.81. The van der Waals surface area contributed by atoms with E-state index in [1.54, 1.807) is 6.07 Å². The van der Waals surface area contributed by atoms with Crippen LogP contribution in [0.1, 0.15) is 0 Å². The number of fused-ring (bicyclic) bond motifs is 1. The van der Waals surface area contributed by atoms with Gasteiger partial charge in [-0.15, -0.1) is 0 Å². The minimum absolute atomic E-state index is 0.350. The van der Waals surface area contributed by atoms with Crippen LogP contribution < -0.4 is 0 Å². The third kappa shape index (κ3) is 2.24. The van der Waals surface area contributed by atoms with Crippen LogP contribution in [0.3, 0.4) is 0 Å². The summed E-state index contributed by atoms with van der Waals surface area (Å²) in [6.45, 7) is 2.00. The summed E-state index contributed by atoms with van der Waals surface area (Å²) < 4.78 is 4.50. The highest BCUT2D eigenvalue weighted by molar-refractivity contribution is 5.87. The summed E-state index contributed by atoms with van der Waals surface area (Å²) in [7, 11) is 0. The van der Waals surface area contributed by atoms with Crippen molar-refractivity contribution >= 4 is 10.8 Å². The Morgan fingerprint density at radius 2 is 1.57 bits per heavy atom. The van der Waals surface area contributed by atoms with Gasteiger partial charge >= 0.3 is 0 Å². The maximum atomic E-state index is 9.37. The number of epoxide rings is 1. The lowest BCUT2D eigenvalue weighted by Gasteiger charge is -1.97. The second kappa shape index (κ2) is 4.11. The SMILES string of the molecule is C1CO1.Oc1cccc2ccccc12. The van der Waals surface area contributed by atoms with Crippen molar-refractivity contribution in [2.75, 3.05) is 13.2 Å². The average Bonchev–Trinajstić information content (AvgIpc) is 3.05. The van der Waals surface area contributed by atoms with E-state index in [2.05, 4.69) is 4.74 Å². The number of rotatable bonds is 0. The summed E-state index contributed by atoms with van der Waals surface area (Å²) in [4.78, 5) is 0. The van der Waals surface area contributed by atoms with Gasteiger partial charge in [-0.3, -0.25) is 0 Å². The number of hydrogen-bond acceptors (Lipinski definition) is 2. The van der Waals surface area contributed by atoms with Gasteiger partial charge in [0, 0.05) is 5.39 Å². The molecule has 0 spiro atoms. The first kappa shape index (κ1) is 9.03. The number of phenols is 1. The van der Waals surface area contributed by atoms with Crippen LogP contribution in [0.5, 0.6) is 5.75 Å². The van der Waals surface area contributed by atoms with Crippen molar-refractivity contribution in [3.63, 3.8) is 0 Å². The van der Waals surface area contributed by atoms with E-state index >= 15 is 0 Å². The second-order valence-corrected chi connectivity index (χ2v) is 3.11. The number of benzene rings is 2. The van der Waals surface area contributed by atoms with Crippen molar-refractivity contribution in [3.8, 4) is 5.75 Å². The maximum Gasteiger partial charge on any atom is 0.123 e. The van der Waals surface area contributed by atoms with Crippen LogP contribution in [0.2, 0.25) is 0 Å². The Morgan fingerprint density at radius 3 is 2.21 bits per heavy atom. The van der Waals surface area contributed by atoms with Gasteiger partial charge in [-0.2, -0.15) is 0 Å². The molecular formula is C12H12O2. The standard InChI is InChI=1S/C10H8O.C2H4O/c11-10-7-3-5-8-4-1-2-6-9(8)10;1-2-3-1/h1-7,11H;1-2H2. The monoisotopic (exact) mass is 188 g/mol. The summed E-state index contributed by atoms with van der Waals surface area (Å²) in [5.41, 5.74) is 0. The molecule has 1 saturated heterocycles. The van der Waals surface area contributed by atoms with Crippen LogP contribution in [0.25, 0.3) is 10.8 Å². The van der Waals surface area contributed by atoms with Gasteiger partial charge < -0.3 is 9.84 Å². The fraction of sp³-hybridized carbons (Fsp3) is 0.167. The molecule has 1 N–H and O–H groups in total. The maximum absolute atomic E-state index is 9.37. The molecule has 0 aliphatic carbocycles. The summed E-state index contributed by atoms with van der Waals surface area (Å²) in [5, 5.41) is 11.4. The molecule has 2 aromatic rings. The predicted octanol–water partition coefficient (Wildman–Crippen LogP) is 2.56. The van der Waals surface area contributed by atoms with Gasteiger partial charge in [0.25, 0.3) is 0 Å². The molecule has 14 heavy (non-hydrogen) atoms. The van der Waals surface area contributed by atoms with Gasteiger partial charge in [0.2, 0.25) is 0 Å².